The number of benzene rings is 2. The summed E-state index contributed by atoms with van der Waals surface area (Å²) >= 11 is 0. The lowest BCUT2D eigenvalue weighted by molar-refractivity contribution is 0.827. The number of para-hydroxylation sites is 1. The van der Waals surface area contributed by atoms with Crippen molar-refractivity contribution in [3.63, 3.8) is 0 Å². The van der Waals surface area contributed by atoms with Gasteiger partial charge >= 0.3 is 0 Å². The number of rotatable bonds is 3. The van der Waals surface area contributed by atoms with Crippen LogP contribution in [0.1, 0.15) is 6.92 Å². The van der Waals surface area contributed by atoms with Crippen molar-refractivity contribution in [2.24, 2.45) is 0 Å². The summed E-state index contributed by atoms with van der Waals surface area (Å²) in [5.41, 5.74) is 4.99. The van der Waals surface area contributed by atoms with Crippen molar-refractivity contribution >= 4 is 35.1 Å². The molecule has 0 saturated heterocycles. The van der Waals surface area contributed by atoms with E-state index in [0.29, 0.717) is 0 Å². The number of aromatic nitrogens is 2. The van der Waals surface area contributed by atoms with Crippen LogP contribution in [0.2, 0.25) is 19.6 Å². The van der Waals surface area contributed by atoms with Gasteiger partial charge in [0.15, 0.2) is 0 Å². The van der Waals surface area contributed by atoms with Crippen LogP contribution >= 0.6 is 0 Å². The van der Waals surface area contributed by atoms with Crippen LogP contribution in [0.25, 0.3) is 33.1 Å². The molecule has 0 spiro atoms. The summed E-state index contributed by atoms with van der Waals surface area (Å²) in [6.07, 6.45) is 1.92. The Balaban J connectivity index is 2.02. The Morgan fingerprint density at radius 3 is 2.40 bits per heavy atom. The minimum absolute atomic E-state index is 0.979. The van der Waals surface area contributed by atoms with E-state index in [1.54, 1.807) is 0 Å². The zero-order valence-corrected chi connectivity index (χ0v) is 16.4. The predicted molar refractivity (Wildman–Crippen MR) is 111 cm³/mol. The Morgan fingerprint density at radius 2 is 1.64 bits per heavy atom. The lowest BCUT2D eigenvalue weighted by Crippen LogP contribution is -2.39. The highest BCUT2D eigenvalue weighted by atomic mass is 28.3. The molecular formula is C22H24N2Si. The molecular weight excluding hydrogens is 320 g/mol. The molecule has 0 fully saturated rings. The maximum atomic E-state index is 4.76. The van der Waals surface area contributed by atoms with Crippen LogP contribution < -0.4 is 5.19 Å². The predicted octanol–water partition coefficient (Wildman–Crippen LogP) is 5.42. The van der Waals surface area contributed by atoms with Crippen LogP contribution in [0.3, 0.4) is 0 Å². The van der Waals surface area contributed by atoms with Crippen LogP contribution in [0.4, 0.5) is 0 Å². The fourth-order valence-corrected chi connectivity index (χ4v) is 5.30. The average Bonchev–Trinajstić information content (AvgIpc) is 2.94. The maximum absolute atomic E-state index is 4.76. The van der Waals surface area contributed by atoms with Gasteiger partial charge in [-0.1, -0.05) is 50.0 Å². The summed E-state index contributed by atoms with van der Waals surface area (Å²) in [5.74, 6) is 0. The Hall–Kier alpha value is -2.39. The molecule has 0 N–H and O–H groups in total. The van der Waals surface area contributed by atoms with Gasteiger partial charge in [0.1, 0.15) is 0 Å². The Kier molecular flexibility index (Phi) is 3.77. The molecule has 126 valence electrons. The van der Waals surface area contributed by atoms with Crippen molar-refractivity contribution in [1.82, 2.24) is 9.55 Å². The molecule has 2 nitrogen and oxygen atoms in total. The zero-order chi connectivity index (χ0) is 17.6. The Morgan fingerprint density at radius 1 is 0.880 bits per heavy atom. The standard InChI is InChI=1S/C22H24N2Si/c1-5-24-19-10-7-6-9-17(19)18-15-16(12-13-20(18)24)22-21(25(2,3)4)11-8-14-23-22/h6-15H,5H2,1-4H3. The largest absolute Gasteiger partial charge is 0.341 e. The molecule has 0 atom stereocenters. The summed E-state index contributed by atoms with van der Waals surface area (Å²) in [5, 5.41) is 4.07. The molecule has 0 amide bonds. The zero-order valence-electron chi connectivity index (χ0n) is 15.4. The van der Waals surface area contributed by atoms with E-state index in [1.165, 1.54) is 32.6 Å². The van der Waals surface area contributed by atoms with E-state index < -0.39 is 8.07 Å². The molecule has 0 radical (unpaired) electrons. The Bertz CT molecular complexity index is 1070. The van der Waals surface area contributed by atoms with Crippen molar-refractivity contribution < 1.29 is 0 Å². The first-order chi connectivity index (χ1) is 12.0. The normalized spacial score (nSPS) is 12.2. The molecule has 0 aliphatic carbocycles. The molecule has 4 aromatic rings. The van der Waals surface area contributed by atoms with Crippen LogP contribution in [-0.4, -0.2) is 17.6 Å². The van der Waals surface area contributed by atoms with Gasteiger partial charge in [0.25, 0.3) is 0 Å². The van der Waals surface area contributed by atoms with E-state index >= 15 is 0 Å². The molecule has 0 aliphatic rings. The molecule has 0 saturated carbocycles. The minimum Gasteiger partial charge on any atom is -0.341 e. The van der Waals surface area contributed by atoms with E-state index in [1.807, 2.05) is 6.20 Å². The number of nitrogens with zero attached hydrogens (tertiary/aromatic N) is 2. The number of hydrogen-bond donors (Lipinski definition) is 0. The van der Waals surface area contributed by atoms with E-state index in [0.717, 1.165) is 12.2 Å². The Labute approximate surface area is 150 Å². The van der Waals surface area contributed by atoms with Gasteiger partial charge in [0.05, 0.1) is 13.8 Å². The molecule has 3 heteroatoms. The molecule has 25 heavy (non-hydrogen) atoms. The van der Waals surface area contributed by atoms with Gasteiger partial charge in [0.2, 0.25) is 0 Å². The van der Waals surface area contributed by atoms with Crippen LogP contribution in [0.5, 0.6) is 0 Å². The average molecular weight is 345 g/mol. The molecule has 0 bridgehead atoms. The molecule has 0 unspecified atom stereocenters. The van der Waals surface area contributed by atoms with E-state index in [4.69, 9.17) is 4.98 Å². The second-order valence-corrected chi connectivity index (χ2v) is 12.7. The smallest absolute Gasteiger partial charge is 0.0804 e. The minimum atomic E-state index is -1.45. The fourth-order valence-electron chi connectivity index (χ4n) is 3.78. The lowest BCUT2D eigenvalue weighted by Gasteiger charge is -2.20. The summed E-state index contributed by atoms with van der Waals surface area (Å²) in [6.45, 7) is 10.3. The van der Waals surface area contributed by atoms with Gasteiger partial charge in [0, 0.05) is 40.1 Å². The topological polar surface area (TPSA) is 17.8 Å². The number of aryl methyl sites for hydroxylation is 1. The van der Waals surface area contributed by atoms with Gasteiger partial charge in [-0.2, -0.15) is 0 Å². The second-order valence-electron chi connectivity index (χ2n) is 7.64. The first-order valence-electron chi connectivity index (χ1n) is 8.97. The molecule has 2 aromatic heterocycles. The highest BCUT2D eigenvalue weighted by molar-refractivity contribution is 6.89. The van der Waals surface area contributed by atoms with Crippen LogP contribution in [0.15, 0.2) is 60.8 Å². The van der Waals surface area contributed by atoms with Crippen LogP contribution in [-0.2, 0) is 6.54 Å². The van der Waals surface area contributed by atoms with Crippen molar-refractivity contribution in [2.75, 3.05) is 0 Å². The lowest BCUT2D eigenvalue weighted by atomic mass is 10.1. The van der Waals surface area contributed by atoms with Gasteiger partial charge in [-0.25, -0.2) is 0 Å². The molecule has 2 heterocycles. The van der Waals surface area contributed by atoms with Crippen LogP contribution in [0, 0.1) is 0 Å². The van der Waals surface area contributed by atoms with Crippen molar-refractivity contribution in [1.29, 1.82) is 0 Å². The van der Waals surface area contributed by atoms with E-state index in [2.05, 4.69) is 85.7 Å². The second kappa shape index (κ2) is 5.85. The van der Waals surface area contributed by atoms with E-state index in [-0.39, 0.29) is 0 Å². The highest BCUT2D eigenvalue weighted by Gasteiger charge is 2.22. The summed E-state index contributed by atoms with van der Waals surface area (Å²) in [6, 6.07) is 19.8. The number of hydrogen-bond acceptors (Lipinski definition) is 1. The van der Waals surface area contributed by atoms with Gasteiger partial charge in [-0.3, -0.25) is 4.98 Å². The fraction of sp³-hybridized carbons (Fsp3) is 0.227. The quantitative estimate of drug-likeness (QED) is 0.454. The number of pyridine rings is 1. The van der Waals surface area contributed by atoms with E-state index in [9.17, 15) is 0 Å². The molecule has 0 aliphatic heterocycles. The highest BCUT2D eigenvalue weighted by Crippen LogP contribution is 2.32. The first kappa shape index (κ1) is 16.1. The van der Waals surface area contributed by atoms with Gasteiger partial charge < -0.3 is 4.57 Å². The van der Waals surface area contributed by atoms with Crippen molar-refractivity contribution in [3.8, 4) is 11.3 Å². The third-order valence-electron chi connectivity index (χ3n) is 4.98. The maximum Gasteiger partial charge on any atom is 0.0804 e. The first-order valence-corrected chi connectivity index (χ1v) is 12.5. The summed E-state index contributed by atoms with van der Waals surface area (Å²) < 4.78 is 2.40. The third kappa shape index (κ3) is 2.59. The molecule has 4 rings (SSSR count). The third-order valence-corrected chi connectivity index (χ3v) is 7.00. The van der Waals surface area contributed by atoms with Crippen molar-refractivity contribution in [3.05, 3.63) is 60.8 Å². The van der Waals surface area contributed by atoms with Crippen molar-refractivity contribution in [2.45, 2.75) is 33.1 Å². The van der Waals surface area contributed by atoms with Gasteiger partial charge in [-0.15, -0.1) is 0 Å². The summed E-state index contributed by atoms with van der Waals surface area (Å²) in [4.78, 5) is 4.76. The molecule has 2 aromatic carbocycles. The SMILES string of the molecule is CCn1c2ccccc2c2cc(-c3ncccc3[Si](C)(C)C)ccc21. The van der Waals surface area contributed by atoms with Gasteiger partial charge in [-0.05, 0) is 36.4 Å². The monoisotopic (exact) mass is 344 g/mol. The summed E-state index contributed by atoms with van der Waals surface area (Å²) in [7, 11) is -1.45. The number of fused-ring (bicyclic) bond motifs is 3.